The number of phosphoric acid groups is 1. The van der Waals surface area contributed by atoms with E-state index in [-0.39, 0.29) is 26.1 Å². The van der Waals surface area contributed by atoms with Gasteiger partial charge in [-0.3, -0.25) is 24.1 Å². The summed E-state index contributed by atoms with van der Waals surface area (Å²) >= 11 is 0. The second-order valence-corrected chi connectivity index (χ2v) is 23.3. The molecule has 15 nitrogen and oxygen atoms in total. The quantitative estimate of drug-likeness (QED) is 0.0156. The van der Waals surface area contributed by atoms with Crippen LogP contribution >= 0.6 is 7.82 Å². The van der Waals surface area contributed by atoms with Gasteiger partial charge in [-0.2, -0.15) is 0 Å². The highest BCUT2D eigenvalue weighted by Gasteiger charge is 2.24. The molecule has 0 aliphatic carbocycles. The number of likely N-dealkylation sites (N-methyl/N-ethyl adjacent to an activating group) is 1. The Morgan fingerprint density at radius 2 is 1.10 bits per heavy atom. The van der Waals surface area contributed by atoms with E-state index < -0.39 is 32.5 Å². The molecule has 77 heavy (non-hydrogen) atoms. The highest BCUT2D eigenvalue weighted by Crippen LogP contribution is 2.39. The van der Waals surface area contributed by atoms with E-state index in [9.17, 15) is 19.0 Å². The third kappa shape index (κ3) is 20.8. The summed E-state index contributed by atoms with van der Waals surface area (Å²) in [5.41, 5.74) is 16.0. The van der Waals surface area contributed by atoms with Crippen LogP contribution < -0.4 is 9.63 Å². The molecule has 2 atom stereocenters. The summed E-state index contributed by atoms with van der Waals surface area (Å²) in [5.74, 6) is -0.392. The Balaban J connectivity index is 1.18. The van der Waals surface area contributed by atoms with Gasteiger partial charge in [0.05, 0.1) is 69.5 Å². The van der Waals surface area contributed by atoms with Crippen LogP contribution in [0.3, 0.4) is 0 Å². The minimum atomic E-state index is -4.72. The Morgan fingerprint density at radius 3 is 1.64 bits per heavy atom. The number of carbonyl (C=O) groups excluding carboxylic acids is 2. The van der Waals surface area contributed by atoms with Gasteiger partial charge in [-0.1, -0.05) is 112 Å². The second kappa shape index (κ2) is 32.3. The Kier molecular flexibility index (Phi) is 26.5. The molecule has 4 heterocycles. The van der Waals surface area contributed by atoms with Crippen molar-refractivity contribution >= 4 is 43.6 Å². The number of rotatable bonds is 34. The monoisotopic (exact) mass is 1090 g/mol. The highest BCUT2D eigenvalue weighted by atomic mass is 31.2. The molecule has 428 valence electrons. The molecule has 1 aliphatic rings. The Labute approximate surface area is 461 Å². The number of hydrogen-bond donors (Lipinski definition) is 3. The standard InChI is InChI=1S/C61H95N6O9P/c1-11-16-17-18-19-20-21-22-23-24-25-26-27-30-60(68)73-42-47(43-75-77(70,71)74-36-34-67(8,9)10)76-61(69)31-28-29-35-72-46-32-33-52-57(37-46)63-41-59-45(7)49(13-3)54(66-59)39-56-51(15-5)50(14-4)55(64-56)38-53-48(12-2)44(6)58(65-53)40-62-52/h32-33,37,40-41,47,64H,11-31,34-36,38-39,42-43H2,1-10H3,(H2-,62,63,65,66,70,71). The van der Waals surface area contributed by atoms with E-state index in [1.54, 1.807) is 0 Å². The minimum absolute atomic E-state index is 0.0340. The number of hydrogen-bond acceptors (Lipinski definition) is 11. The van der Waals surface area contributed by atoms with Crippen LogP contribution in [0.4, 0.5) is 11.4 Å². The first-order valence-electron chi connectivity index (χ1n) is 29.2. The highest BCUT2D eigenvalue weighted by molar-refractivity contribution is 7.45. The molecule has 6 bridgehead atoms. The minimum Gasteiger partial charge on any atom is -0.756 e. The average molecular weight is 1090 g/mol. The lowest BCUT2D eigenvalue weighted by Crippen LogP contribution is -2.37. The average Bonchev–Trinajstić information content (AvgIpc) is 4.02. The Hall–Kier alpha value is -4.79. The molecule has 0 radical (unpaired) electrons. The van der Waals surface area contributed by atoms with Gasteiger partial charge in [-0.15, -0.1) is 0 Å². The number of esters is 2. The third-order valence-corrected chi connectivity index (χ3v) is 15.8. The van der Waals surface area contributed by atoms with E-state index in [2.05, 4.69) is 63.4 Å². The van der Waals surface area contributed by atoms with Crippen molar-refractivity contribution in [2.24, 2.45) is 9.98 Å². The van der Waals surface area contributed by atoms with Gasteiger partial charge in [0.25, 0.3) is 7.82 Å². The van der Waals surface area contributed by atoms with Crippen LogP contribution in [-0.4, -0.2) is 104 Å². The van der Waals surface area contributed by atoms with Crippen LogP contribution in [0, 0.1) is 13.8 Å². The zero-order chi connectivity index (χ0) is 55.8. The van der Waals surface area contributed by atoms with Crippen molar-refractivity contribution in [3.63, 3.8) is 0 Å². The number of nitrogens with one attached hydrogen (secondary N) is 3. The van der Waals surface area contributed by atoms with E-state index in [0.717, 1.165) is 69.2 Å². The first-order valence-corrected chi connectivity index (χ1v) is 30.7. The zero-order valence-electron chi connectivity index (χ0n) is 48.7. The van der Waals surface area contributed by atoms with Gasteiger partial charge in [0.15, 0.2) is 6.10 Å². The number of benzene rings is 1. The lowest BCUT2D eigenvalue weighted by atomic mass is 9.98. The normalized spacial score (nSPS) is 13.8. The molecule has 0 fully saturated rings. The van der Waals surface area contributed by atoms with Gasteiger partial charge in [0.2, 0.25) is 0 Å². The number of quaternary nitrogens is 1. The number of aromatic nitrogens is 3. The first-order chi connectivity index (χ1) is 37.0. The van der Waals surface area contributed by atoms with Crippen LogP contribution in [0.1, 0.15) is 211 Å². The smallest absolute Gasteiger partial charge is 0.306 e. The number of ether oxygens (including phenoxy) is 3. The summed E-state index contributed by atoms with van der Waals surface area (Å²) in [4.78, 5) is 60.0. The molecule has 2 unspecified atom stereocenters. The first kappa shape index (κ1) is 63.0. The molecule has 5 rings (SSSR count). The fourth-order valence-electron chi connectivity index (χ4n) is 10.3. The number of carbonyl (C=O) groups is 2. The third-order valence-electron chi connectivity index (χ3n) is 14.8. The molecular weight excluding hydrogens is 992 g/mol. The summed E-state index contributed by atoms with van der Waals surface area (Å²) < 4.78 is 40.7. The van der Waals surface area contributed by atoms with Crippen molar-refractivity contribution in [1.82, 2.24) is 15.0 Å². The Morgan fingerprint density at radius 1 is 0.610 bits per heavy atom. The summed E-state index contributed by atoms with van der Waals surface area (Å²) in [6, 6.07) is 5.69. The molecule has 1 aromatic carbocycles. The van der Waals surface area contributed by atoms with Crippen molar-refractivity contribution in [3.8, 4) is 5.75 Å². The van der Waals surface area contributed by atoms with Crippen molar-refractivity contribution in [3.05, 3.63) is 85.7 Å². The molecule has 3 N–H and O–H groups in total. The number of fused-ring (bicyclic) bond motifs is 7. The molecule has 16 heteroatoms. The predicted molar refractivity (Wildman–Crippen MR) is 309 cm³/mol. The van der Waals surface area contributed by atoms with E-state index in [1.165, 1.54) is 114 Å². The SMILES string of the molecule is CCCCCCCCCCCCCCCC(=O)OCC(COP(=O)([O-])OCC[N+](C)(C)C)OC(=O)CCCCOc1ccc2c(c1)N=Cc1[nH]c(c(CC)c1C)Cc1[nH]c(c(CC)c1CC)Cc1[nH]c(c(C)c1CC)C=N2. The molecule has 3 aromatic heterocycles. The summed E-state index contributed by atoms with van der Waals surface area (Å²) in [6.07, 6.45) is 24.7. The van der Waals surface area contributed by atoms with E-state index in [4.69, 9.17) is 33.2 Å². The van der Waals surface area contributed by atoms with Crippen molar-refractivity contribution in [2.45, 2.75) is 202 Å². The number of unbranched alkanes of at least 4 members (excludes halogenated alkanes) is 13. The van der Waals surface area contributed by atoms with Crippen LogP contribution in [0.5, 0.6) is 5.75 Å². The molecule has 4 aromatic rings. The number of phosphoric ester groups is 1. The summed E-state index contributed by atoms with van der Waals surface area (Å²) in [6.45, 7) is 15.3. The Bertz CT molecular complexity index is 2570. The lowest BCUT2D eigenvalue weighted by molar-refractivity contribution is -0.870. The molecule has 1 aliphatic heterocycles. The maximum absolute atomic E-state index is 13.2. The molecule has 0 amide bonds. The van der Waals surface area contributed by atoms with E-state index in [1.807, 2.05) is 51.8 Å². The van der Waals surface area contributed by atoms with Gasteiger partial charge in [-0.25, -0.2) is 0 Å². The van der Waals surface area contributed by atoms with E-state index >= 15 is 0 Å². The number of nitrogens with zero attached hydrogens (tertiary/aromatic N) is 3. The summed E-state index contributed by atoms with van der Waals surface area (Å²) in [5, 5.41) is 0. The van der Waals surface area contributed by atoms with Crippen molar-refractivity contribution in [1.29, 1.82) is 0 Å². The van der Waals surface area contributed by atoms with Gasteiger partial charge < -0.3 is 47.6 Å². The van der Waals surface area contributed by atoms with Gasteiger partial charge in [0, 0.05) is 54.5 Å². The number of aromatic amines is 3. The largest absolute Gasteiger partial charge is 0.756 e. The lowest BCUT2D eigenvalue weighted by Gasteiger charge is -2.28. The predicted octanol–water partition coefficient (Wildman–Crippen LogP) is 13.2. The zero-order valence-corrected chi connectivity index (χ0v) is 49.6. The fourth-order valence-corrected chi connectivity index (χ4v) is 11.1. The summed E-state index contributed by atoms with van der Waals surface area (Å²) in [7, 11) is 1.03. The molecule has 0 saturated heterocycles. The van der Waals surface area contributed by atoms with Gasteiger partial charge in [0.1, 0.15) is 25.5 Å². The number of H-pyrrole nitrogens is 3. The van der Waals surface area contributed by atoms with Gasteiger partial charge in [-0.05, 0) is 104 Å². The van der Waals surface area contributed by atoms with Gasteiger partial charge >= 0.3 is 11.9 Å². The maximum atomic E-state index is 13.2. The number of aliphatic imine (C=N–C) groups is 2. The molecule has 0 spiro atoms. The van der Waals surface area contributed by atoms with Crippen LogP contribution in [-0.2, 0) is 71.2 Å². The van der Waals surface area contributed by atoms with E-state index in [0.29, 0.717) is 54.0 Å². The second-order valence-electron chi connectivity index (χ2n) is 21.9. The topological polar surface area (TPSA) is 193 Å². The van der Waals surface area contributed by atoms with Crippen LogP contribution in [0.2, 0.25) is 0 Å². The van der Waals surface area contributed by atoms with Crippen molar-refractivity contribution in [2.75, 3.05) is 54.1 Å². The fraction of sp³-hybridized carbons (Fsp3) is 0.639. The maximum Gasteiger partial charge on any atom is 0.306 e. The van der Waals surface area contributed by atoms with Crippen LogP contribution in [0.25, 0.3) is 0 Å². The van der Waals surface area contributed by atoms with Crippen LogP contribution in [0.15, 0.2) is 28.2 Å². The molecular formula is C61H95N6O9P. The van der Waals surface area contributed by atoms with Crippen molar-refractivity contribution < 1.29 is 46.8 Å². The molecule has 0 saturated carbocycles.